The minimum absolute atomic E-state index is 0.0188. The summed E-state index contributed by atoms with van der Waals surface area (Å²) in [5, 5.41) is 0. The highest BCUT2D eigenvalue weighted by atomic mass is 32.2. The monoisotopic (exact) mass is 378 g/mol. The van der Waals surface area contributed by atoms with Crippen LogP contribution >= 0.6 is 0 Å². The summed E-state index contributed by atoms with van der Waals surface area (Å²) in [5.41, 5.74) is 0.797. The number of carbonyl (C=O) groups excluding carboxylic acids is 3. The van der Waals surface area contributed by atoms with E-state index in [1.807, 2.05) is 6.92 Å². The standard InChI is InChI=1S/C18H22N2O5S/c1-2-19(13-9-11-26(24,25)12-13)16(21)8-5-10-20-17(22)14-6-3-4-7-15(14)18(20)23/h3-4,6-7,13H,2,5,8-12H2,1H3/t13-/m1/s1. The van der Waals surface area contributed by atoms with Crippen LogP contribution in [0.2, 0.25) is 0 Å². The van der Waals surface area contributed by atoms with Gasteiger partial charge in [-0.15, -0.1) is 0 Å². The lowest BCUT2D eigenvalue weighted by Gasteiger charge is -2.27. The molecular weight excluding hydrogens is 356 g/mol. The molecule has 26 heavy (non-hydrogen) atoms. The van der Waals surface area contributed by atoms with E-state index in [9.17, 15) is 22.8 Å². The number of hydrogen-bond acceptors (Lipinski definition) is 5. The van der Waals surface area contributed by atoms with Crippen molar-refractivity contribution in [3.05, 3.63) is 35.4 Å². The number of hydrogen-bond donors (Lipinski definition) is 0. The van der Waals surface area contributed by atoms with E-state index in [1.54, 1.807) is 29.2 Å². The molecule has 2 aliphatic rings. The molecule has 1 atom stereocenters. The molecule has 0 aromatic heterocycles. The molecule has 0 aliphatic carbocycles. The first-order valence-electron chi connectivity index (χ1n) is 8.79. The summed E-state index contributed by atoms with van der Waals surface area (Å²) in [6.07, 6.45) is 1.01. The Kier molecular flexibility index (Phi) is 5.13. The van der Waals surface area contributed by atoms with Crippen LogP contribution in [0, 0.1) is 0 Å². The van der Waals surface area contributed by atoms with Gasteiger partial charge in [0.25, 0.3) is 11.8 Å². The predicted molar refractivity (Wildman–Crippen MR) is 95.5 cm³/mol. The summed E-state index contributed by atoms with van der Waals surface area (Å²) in [7, 11) is -3.05. The minimum Gasteiger partial charge on any atom is -0.339 e. The average Bonchev–Trinajstić information content (AvgIpc) is 3.08. The molecule has 0 spiro atoms. The number of sulfone groups is 1. The molecule has 0 bridgehead atoms. The molecule has 3 amide bonds. The van der Waals surface area contributed by atoms with Gasteiger partial charge in [0.2, 0.25) is 5.91 Å². The zero-order chi connectivity index (χ0) is 18.9. The third-order valence-electron chi connectivity index (χ3n) is 4.96. The van der Waals surface area contributed by atoms with Gasteiger partial charge in [-0.05, 0) is 31.9 Å². The molecule has 140 valence electrons. The fourth-order valence-electron chi connectivity index (χ4n) is 3.63. The molecule has 1 saturated heterocycles. The van der Waals surface area contributed by atoms with Crippen LogP contribution in [-0.2, 0) is 14.6 Å². The van der Waals surface area contributed by atoms with Crippen LogP contribution in [0.5, 0.6) is 0 Å². The Morgan fingerprint density at radius 1 is 1.19 bits per heavy atom. The molecule has 7 nitrogen and oxygen atoms in total. The van der Waals surface area contributed by atoms with Crippen LogP contribution in [0.4, 0.5) is 0 Å². The Hall–Kier alpha value is -2.22. The predicted octanol–water partition coefficient (Wildman–Crippen LogP) is 1.10. The average molecular weight is 378 g/mol. The fraction of sp³-hybridized carbons (Fsp3) is 0.500. The Labute approximate surface area is 152 Å². The normalized spacial score (nSPS) is 21.1. The highest BCUT2D eigenvalue weighted by Crippen LogP contribution is 2.23. The van der Waals surface area contributed by atoms with E-state index in [1.165, 1.54) is 4.90 Å². The largest absolute Gasteiger partial charge is 0.339 e. The Morgan fingerprint density at radius 3 is 2.31 bits per heavy atom. The van der Waals surface area contributed by atoms with Crippen LogP contribution in [0.1, 0.15) is 46.9 Å². The first kappa shape index (κ1) is 18.6. The second kappa shape index (κ2) is 7.19. The summed E-state index contributed by atoms with van der Waals surface area (Å²) >= 11 is 0. The quantitative estimate of drug-likeness (QED) is 0.691. The third kappa shape index (κ3) is 3.51. The summed E-state index contributed by atoms with van der Waals surface area (Å²) in [5.74, 6) is -0.646. The molecule has 1 fully saturated rings. The van der Waals surface area contributed by atoms with Crippen molar-refractivity contribution < 1.29 is 22.8 Å². The second-order valence-electron chi connectivity index (χ2n) is 6.65. The van der Waals surface area contributed by atoms with Gasteiger partial charge < -0.3 is 4.90 Å². The lowest BCUT2D eigenvalue weighted by molar-refractivity contribution is -0.133. The highest BCUT2D eigenvalue weighted by molar-refractivity contribution is 7.91. The maximum absolute atomic E-state index is 12.5. The molecule has 1 aromatic rings. The lowest BCUT2D eigenvalue weighted by Crippen LogP contribution is -2.41. The van der Waals surface area contributed by atoms with Gasteiger partial charge in [-0.25, -0.2) is 8.42 Å². The van der Waals surface area contributed by atoms with Gasteiger partial charge in [-0.2, -0.15) is 0 Å². The fourth-order valence-corrected chi connectivity index (χ4v) is 5.36. The zero-order valence-electron chi connectivity index (χ0n) is 14.7. The van der Waals surface area contributed by atoms with Crippen molar-refractivity contribution in [1.82, 2.24) is 9.80 Å². The first-order valence-corrected chi connectivity index (χ1v) is 10.6. The summed E-state index contributed by atoms with van der Waals surface area (Å²) in [6, 6.07) is 6.41. The molecular formula is C18H22N2O5S. The van der Waals surface area contributed by atoms with Crippen LogP contribution in [0.3, 0.4) is 0 Å². The molecule has 2 heterocycles. The van der Waals surface area contributed by atoms with Gasteiger partial charge in [0.1, 0.15) is 0 Å². The Bertz CT molecular complexity index is 814. The van der Waals surface area contributed by atoms with Crippen LogP contribution in [0.15, 0.2) is 24.3 Å². The molecule has 2 aliphatic heterocycles. The lowest BCUT2D eigenvalue weighted by atomic mass is 10.1. The second-order valence-corrected chi connectivity index (χ2v) is 8.88. The van der Waals surface area contributed by atoms with E-state index in [0.717, 1.165) is 0 Å². The van der Waals surface area contributed by atoms with E-state index in [4.69, 9.17) is 0 Å². The molecule has 8 heteroatoms. The van der Waals surface area contributed by atoms with Gasteiger partial charge in [-0.3, -0.25) is 19.3 Å². The van der Waals surface area contributed by atoms with Crippen molar-refractivity contribution in [2.24, 2.45) is 0 Å². The zero-order valence-corrected chi connectivity index (χ0v) is 15.5. The Balaban J connectivity index is 1.56. The van der Waals surface area contributed by atoms with Crippen molar-refractivity contribution in [2.75, 3.05) is 24.6 Å². The SMILES string of the molecule is CCN(C(=O)CCCN1C(=O)c2ccccc2C1=O)[C@@H]1CCS(=O)(=O)C1. The third-order valence-corrected chi connectivity index (χ3v) is 6.71. The van der Waals surface area contributed by atoms with Crippen LogP contribution in [0.25, 0.3) is 0 Å². The minimum atomic E-state index is -3.05. The summed E-state index contributed by atoms with van der Waals surface area (Å²) in [4.78, 5) is 39.8. The van der Waals surface area contributed by atoms with Crippen LogP contribution < -0.4 is 0 Å². The van der Waals surface area contributed by atoms with E-state index >= 15 is 0 Å². The molecule has 0 radical (unpaired) electrons. The van der Waals surface area contributed by atoms with Crippen molar-refractivity contribution >= 4 is 27.6 Å². The van der Waals surface area contributed by atoms with E-state index in [2.05, 4.69) is 0 Å². The van der Waals surface area contributed by atoms with Crippen molar-refractivity contribution in [3.8, 4) is 0 Å². The number of imide groups is 1. The number of benzene rings is 1. The van der Waals surface area contributed by atoms with Crippen LogP contribution in [-0.4, -0.2) is 66.6 Å². The maximum Gasteiger partial charge on any atom is 0.261 e. The topological polar surface area (TPSA) is 91.8 Å². The molecule has 0 saturated carbocycles. The molecule has 3 rings (SSSR count). The summed E-state index contributed by atoms with van der Waals surface area (Å²) in [6.45, 7) is 2.46. The van der Waals surface area contributed by atoms with Gasteiger partial charge in [-0.1, -0.05) is 12.1 Å². The van der Waals surface area contributed by atoms with Crippen molar-refractivity contribution in [3.63, 3.8) is 0 Å². The summed E-state index contributed by atoms with van der Waals surface area (Å²) < 4.78 is 23.3. The van der Waals surface area contributed by atoms with Gasteiger partial charge in [0.15, 0.2) is 9.84 Å². The van der Waals surface area contributed by atoms with E-state index in [-0.39, 0.29) is 48.2 Å². The number of carbonyl (C=O) groups is 3. The first-order chi connectivity index (χ1) is 12.3. The molecule has 0 N–H and O–H groups in total. The van der Waals surface area contributed by atoms with E-state index < -0.39 is 9.84 Å². The number of rotatable bonds is 6. The molecule has 0 unspecified atom stereocenters. The maximum atomic E-state index is 12.5. The van der Waals surface area contributed by atoms with Gasteiger partial charge in [0.05, 0.1) is 22.6 Å². The van der Waals surface area contributed by atoms with Gasteiger partial charge in [0, 0.05) is 25.6 Å². The molecule has 1 aromatic carbocycles. The number of amides is 3. The smallest absolute Gasteiger partial charge is 0.261 e. The van der Waals surface area contributed by atoms with E-state index in [0.29, 0.717) is 30.5 Å². The number of fused-ring (bicyclic) bond motifs is 1. The number of nitrogens with zero attached hydrogens (tertiary/aromatic N) is 2. The van der Waals surface area contributed by atoms with Gasteiger partial charge >= 0.3 is 0 Å². The Morgan fingerprint density at radius 2 is 1.81 bits per heavy atom. The van der Waals surface area contributed by atoms with Crippen molar-refractivity contribution in [2.45, 2.75) is 32.2 Å². The van der Waals surface area contributed by atoms with Crippen molar-refractivity contribution in [1.29, 1.82) is 0 Å². The highest BCUT2D eigenvalue weighted by Gasteiger charge is 2.36.